The fourth-order valence-electron chi connectivity index (χ4n) is 3.62. The maximum atomic E-state index is 11.7. The molecule has 0 aliphatic rings. The highest BCUT2D eigenvalue weighted by Crippen LogP contribution is 2.13. The summed E-state index contributed by atoms with van der Waals surface area (Å²) in [6, 6.07) is 9.81. The Morgan fingerprint density at radius 3 is 1.56 bits per heavy atom. The molecule has 0 saturated carbocycles. The van der Waals surface area contributed by atoms with Crippen LogP contribution in [0.2, 0.25) is 0 Å². The zero-order valence-corrected chi connectivity index (χ0v) is 20.2. The largest absolute Gasteiger partial charge is 0.463 e. The number of rotatable bonds is 20. The van der Waals surface area contributed by atoms with Gasteiger partial charge in [0.15, 0.2) is 0 Å². The fraction of sp³-hybridized carbons (Fsp3) is 0.643. The first kappa shape index (κ1) is 27.9. The van der Waals surface area contributed by atoms with E-state index in [4.69, 9.17) is 9.47 Å². The van der Waals surface area contributed by atoms with E-state index in [2.05, 4.69) is 6.92 Å². The van der Waals surface area contributed by atoms with E-state index in [9.17, 15) is 9.59 Å². The van der Waals surface area contributed by atoms with Gasteiger partial charge in [-0.3, -0.25) is 0 Å². The molecule has 1 aromatic carbocycles. The van der Waals surface area contributed by atoms with Crippen molar-refractivity contribution in [3.8, 4) is 0 Å². The Labute approximate surface area is 195 Å². The SMILES string of the molecule is CCCCCCCCCCCCCCCCOC(=O)/C=C/C(=O)OCCc1ccccc1. The molecular formula is C28H44O4. The Hall–Kier alpha value is -2.10. The molecule has 0 heterocycles. The minimum absolute atomic E-state index is 0.293. The van der Waals surface area contributed by atoms with E-state index in [1.807, 2.05) is 30.3 Å². The average Bonchev–Trinajstić information content (AvgIpc) is 2.81. The summed E-state index contributed by atoms with van der Waals surface area (Å²) < 4.78 is 10.2. The molecule has 0 aromatic heterocycles. The van der Waals surface area contributed by atoms with Crippen LogP contribution in [0.1, 0.15) is 102 Å². The van der Waals surface area contributed by atoms with Crippen molar-refractivity contribution in [2.45, 2.75) is 103 Å². The maximum absolute atomic E-state index is 11.7. The van der Waals surface area contributed by atoms with Crippen LogP contribution in [0.5, 0.6) is 0 Å². The molecule has 1 aromatic rings. The topological polar surface area (TPSA) is 52.6 Å². The summed E-state index contributed by atoms with van der Waals surface area (Å²) in [5, 5.41) is 0. The number of benzene rings is 1. The quantitative estimate of drug-likeness (QED) is 0.120. The minimum Gasteiger partial charge on any atom is -0.463 e. The van der Waals surface area contributed by atoms with Crippen LogP contribution in [0, 0.1) is 0 Å². The van der Waals surface area contributed by atoms with Crippen molar-refractivity contribution in [1.82, 2.24) is 0 Å². The van der Waals surface area contributed by atoms with E-state index in [1.165, 1.54) is 77.0 Å². The zero-order valence-electron chi connectivity index (χ0n) is 20.2. The van der Waals surface area contributed by atoms with Crippen molar-refractivity contribution in [2.75, 3.05) is 13.2 Å². The Kier molecular flexibility index (Phi) is 18.1. The van der Waals surface area contributed by atoms with Gasteiger partial charge in [0.2, 0.25) is 0 Å². The maximum Gasteiger partial charge on any atom is 0.331 e. The number of unbranched alkanes of at least 4 members (excludes halogenated alkanes) is 13. The van der Waals surface area contributed by atoms with E-state index in [1.54, 1.807) is 0 Å². The van der Waals surface area contributed by atoms with Gasteiger partial charge in [-0.15, -0.1) is 0 Å². The highest BCUT2D eigenvalue weighted by molar-refractivity contribution is 5.91. The van der Waals surface area contributed by atoms with Crippen molar-refractivity contribution in [3.63, 3.8) is 0 Å². The predicted molar refractivity (Wildman–Crippen MR) is 132 cm³/mol. The molecule has 0 amide bonds. The van der Waals surface area contributed by atoms with Crippen LogP contribution in [0.15, 0.2) is 42.5 Å². The Morgan fingerprint density at radius 1 is 0.625 bits per heavy atom. The summed E-state index contributed by atoms with van der Waals surface area (Å²) in [6.07, 6.45) is 21.1. The standard InChI is InChI=1S/C28H44O4/c1-2-3-4-5-6-7-8-9-10-11-12-13-14-18-24-31-27(29)21-22-28(30)32-25-23-26-19-16-15-17-20-26/h15-17,19-22H,2-14,18,23-25H2,1H3/b22-21+. The fourth-order valence-corrected chi connectivity index (χ4v) is 3.62. The van der Waals surface area contributed by atoms with Gasteiger partial charge in [-0.25, -0.2) is 9.59 Å². The second-order valence-electron chi connectivity index (χ2n) is 8.50. The second kappa shape index (κ2) is 20.8. The van der Waals surface area contributed by atoms with Crippen molar-refractivity contribution in [2.24, 2.45) is 0 Å². The van der Waals surface area contributed by atoms with Gasteiger partial charge in [0.05, 0.1) is 13.2 Å². The van der Waals surface area contributed by atoms with E-state index < -0.39 is 11.9 Å². The zero-order chi connectivity index (χ0) is 23.1. The Morgan fingerprint density at radius 2 is 1.06 bits per heavy atom. The number of hydrogen-bond acceptors (Lipinski definition) is 4. The molecule has 0 saturated heterocycles. The van der Waals surface area contributed by atoms with Crippen molar-refractivity contribution in [1.29, 1.82) is 0 Å². The molecule has 0 radical (unpaired) electrons. The molecule has 1 rings (SSSR count). The lowest BCUT2D eigenvalue weighted by Crippen LogP contribution is -2.07. The molecular weight excluding hydrogens is 400 g/mol. The van der Waals surface area contributed by atoms with E-state index in [-0.39, 0.29) is 0 Å². The molecule has 4 heteroatoms. The lowest BCUT2D eigenvalue weighted by molar-refractivity contribution is -0.140. The van der Waals surface area contributed by atoms with E-state index in [0.29, 0.717) is 19.6 Å². The van der Waals surface area contributed by atoms with E-state index in [0.717, 1.165) is 30.6 Å². The molecule has 0 aliphatic heterocycles. The molecule has 0 bridgehead atoms. The summed E-state index contributed by atoms with van der Waals surface area (Å²) in [5.41, 5.74) is 1.11. The molecule has 0 fully saturated rings. The van der Waals surface area contributed by atoms with Crippen molar-refractivity contribution >= 4 is 11.9 Å². The van der Waals surface area contributed by atoms with Gasteiger partial charge in [-0.2, -0.15) is 0 Å². The number of esters is 2. The second-order valence-corrected chi connectivity index (χ2v) is 8.50. The van der Waals surface area contributed by atoms with Crippen LogP contribution in [-0.2, 0) is 25.5 Å². The highest BCUT2D eigenvalue weighted by Gasteiger charge is 2.02. The first-order chi connectivity index (χ1) is 15.7. The predicted octanol–water partition coefficient (Wildman–Crippen LogP) is 7.35. The highest BCUT2D eigenvalue weighted by atomic mass is 16.5. The molecule has 0 N–H and O–H groups in total. The monoisotopic (exact) mass is 444 g/mol. The van der Waals surface area contributed by atoms with Crippen molar-refractivity contribution < 1.29 is 19.1 Å². The van der Waals surface area contributed by atoms with Gasteiger partial charge < -0.3 is 9.47 Å². The molecule has 0 atom stereocenters. The summed E-state index contributed by atoms with van der Waals surface area (Å²) in [7, 11) is 0. The van der Waals surface area contributed by atoms with Crippen LogP contribution in [0.25, 0.3) is 0 Å². The third-order valence-electron chi connectivity index (χ3n) is 5.58. The first-order valence-corrected chi connectivity index (χ1v) is 12.8. The lowest BCUT2D eigenvalue weighted by atomic mass is 10.0. The van der Waals surface area contributed by atoms with Crippen LogP contribution >= 0.6 is 0 Å². The average molecular weight is 445 g/mol. The first-order valence-electron chi connectivity index (χ1n) is 12.8. The molecule has 32 heavy (non-hydrogen) atoms. The molecule has 4 nitrogen and oxygen atoms in total. The third kappa shape index (κ3) is 17.6. The minimum atomic E-state index is -0.519. The molecule has 0 unspecified atom stereocenters. The summed E-state index contributed by atoms with van der Waals surface area (Å²) in [4.78, 5) is 23.3. The van der Waals surface area contributed by atoms with Crippen LogP contribution < -0.4 is 0 Å². The smallest absolute Gasteiger partial charge is 0.331 e. The number of carbonyl (C=O) groups is 2. The van der Waals surface area contributed by atoms with Crippen LogP contribution in [0.3, 0.4) is 0 Å². The third-order valence-corrected chi connectivity index (χ3v) is 5.58. The summed E-state index contributed by atoms with van der Waals surface area (Å²) in [6.45, 7) is 2.96. The number of ether oxygens (including phenoxy) is 2. The number of hydrogen-bond donors (Lipinski definition) is 0. The van der Waals surface area contributed by atoms with Gasteiger partial charge in [-0.05, 0) is 12.0 Å². The van der Waals surface area contributed by atoms with Crippen molar-refractivity contribution in [3.05, 3.63) is 48.0 Å². The number of carbonyl (C=O) groups excluding carboxylic acids is 2. The van der Waals surface area contributed by atoms with Gasteiger partial charge in [0.1, 0.15) is 0 Å². The van der Waals surface area contributed by atoms with Gasteiger partial charge >= 0.3 is 11.9 Å². The van der Waals surface area contributed by atoms with E-state index >= 15 is 0 Å². The molecule has 180 valence electrons. The summed E-state index contributed by atoms with van der Waals surface area (Å²) >= 11 is 0. The molecule has 0 aliphatic carbocycles. The summed E-state index contributed by atoms with van der Waals surface area (Å²) in [5.74, 6) is -1.01. The Balaban J connectivity index is 1.86. The van der Waals surface area contributed by atoms with Crippen LogP contribution in [0.4, 0.5) is 0 Å². The van der Waals surface area contributed by atoms with Gasteiger partial charge in [0, 0.05) is 18.6 Å². The van der Waals surface area contributed by atoms with Crippen LogP contribution in [-0.4, -0.2) is 25.2 Å². The van der Waals surface area contributed by atoms with Gasteiger partial charge in [-0.1, -0.05) is 121 Å². The molecule has 0 spiro atoms. The lowest BCUT2D eigenvalue weighted by Gasteiger charge is -2.04. The normalized spacial score (nSPS) is 11.0. The Bertz CT molecular complexity index is 609. The van der Waals surface area contributed by atoms with Gasteiger partial charge in [0.25, 0.3) is 0 Å².